The molecule has 0 bridgehead atoms. The van der Waals surface area contributed by atoms with Gasteiger partial charge in [-0.2, -0.15) is 4.31 Å². The molecule has 2 saturated heterocycles. The van der Waals surface area contributed by atoms with Gasteiger partial charge in [-0.1, -0.05) is 29.8 Å². The first-order valence-corrected chi connectivity index (χ1v) is 12.5. The van der Waals surface area contributed by atoms with E-state index < -0.39 is 10.0 Å². The van der Waals surface area contributed by atoms with E-state index in [1.54, 1.807) is 17.5 Å². The molecule has 6 nitrogen and oxygen atoms in total. The van der Waals surface area contributed by atoms with Crippen molar-refractivity contribution in [2.45, 2.75) is 17.1 Å². The summed E-state index contributed by atoms with van der Waals surface area (Å²) in [4.78, 5) is 17.2. The minimum absolute atomic E-state index is 0.0647. The molecule has 3 heterocycles. The lowest BCUT2D eigenvalue weighted by Crippen LogP contribution is -2.53. The molecule has 9 heteroatoms. The number of anilines is 1. The highest BCUT2D eigenvalue weighted by atomic mass is 35.5. The molecule has 1 atom stereocenters. The van der Waals surface area contributed by atoms with Gasteiger partial charge in [-0.05, 0) is 36.4 Å². The smallest absolute Gasteiger partial charge is 0.252 e. The molecule has 0 radical (unpaired) electrons. The third-order valence-corrected chi connectivity index (χ3v) is 9.16. The summed E-state index contributed by atoms with van der Waals surface area (Å²) >= 11 is 7.51. The van der Waals surface area contributed by atoms with Gasteiger partial charge in [0.15, 0.2) is 0 Å². The largest absolute Gasteiger partial charge is 0.367 e. The van der Waals surface area contributed by atoms with Gasteiger partial charge in [0.1, 0.15) is 4.21 Å². The number of thiophene rings is 1. The molecule has 0 N–H and O–H groups in total. The fraction of sp³-hybridized carbons (Fsp3) is 0.450. The Hall–Kier alpha value is -1.61. The van der Waals surface area contributed by atoms with Crippen molar-refractivity contribution >= 4 is 44.6 Å². The predicted molar refractivity (Wildman–Crippen MR) is 116 cm³/mol. The number of rotatable bonds is 4. The van der Waals surface area contributed by atoms with Crippen molar-refractivity contribution in [3.8, 4) is 0 Å². The van der Waals surface area contributed by atoms with E-state index in [4.69, 9.17) is 11.6 Å². The topological polar surface area (TPSA) is 60.9 Å². The second-order valence-corrected chi connectivity index (χ2v) is 10.9. The lowest BCUT2D eigenvalue weighted by molar-refractivity contribution is -0.137. The second kappa shape index (κ2) is 8.63. The fourth-order valence-corrected chi connectivity index (χ4v) is 6.96. The fourth-order valence-electron chi connectivity index (χ4n) is 4.03. The molecule has 2 fully saturated rings. The third kappa shape index (κ3) is 4.30. The number of sulfonamides is 1. The molecule has 2 aliphatic heterocycles. The van der Waals surface area contributed by atoms with Gasteiger partial charge in [0, 0.05) is 39.3 Å². The predicted octanol–water partition coefficient (Wildman–Crippen LogP) is 3.15. The molecule has 156 valence electrons. The van der Waals surface area contributed by atoms with E-state index in [-0.39, 0.29) is 18.4 Å². The van der Waals surface area contributed by atoms with Crippen molar-refractivity contribution in [3.63, 3.8) is 0 Å². The van der Waals surface area contributed by atoms with Gasteiger partial charge in [0.25, 0.3) is 10.0 Å². The highest BCUT2D eigenvalue weighted by Crippen LogP contribution is 2.29. The first kappa shape index (κ1) is 20.7. The Morgan fingerprint density at radius 2 is 1.79 bits per heavy atom. The number of halogens is 1. The monoisotopic (exact) mass is 453 g/mol. The Kier molecular flexibility index (Phi) is 6.15. The number of amides is 1. The normalized spacial score (nSPS) is 21.3. The van der Waals surface area contributed by atoms with E-state index in [0.29, 0.717) is 35.3 Å². The summed E-state index contributed by atoms with van der Waals surface area (Å²) in [6.45, 7) is 3.43. The van der Waals surface area contributed by atoms with E-state index >= 15 is 0 Å². The van der Waals surface area contributed by atoms with Crippen LogP contribution in [0.15, 0.2) is 46.0 Å². The Bertz CT molecular complexity index is 957. The summed E-state index contributed by atoms with van der Waals surface area (Å²) in [5, 5.41) is 2.48. The molecular formula is C20H24ClN3O3S2. The maximum Gasteiger partial charge on any atom is 0.252 e. The maximum atomic E-state index is 13.1. The molecule has 0 aliphatic carbocycles. The van der Waals surface area contributed by atoms with Gasteiger partial charge in [-0.25, -0.2) is 8.42 Å². The maximum absolute atomic E-state index is 13.1. The zero-order valence-corrected chi connectivity index (χ0v) is 18.4. The van der Waals surface area contributed by atoms with E-state index in [1.165, 1.54) is 15.6 Å². The molecular weight excluding hydrogens is 430 g/mol. The third-order valence-electron chi connectivity index (χ3n) is 5.61. The number of carbonyl (C=O) groups excluding carboxylic acids is 1. The van der Waals surface area contributed by atoms with Gasteiger partial charge in [-0.15, -0.1) is 11.3 Å². The SMILES string of the molecule is O=C([C@H]1CCCN(S(=O)(=O)c2cccs2)C1)N1CCN(c2ccccc2Cl)CC1. The molecule has 0 saturated carbocycles. The van der Waals surface area contributed by atoms with Gasteiger partial charge < -0.3 is 9.80 Å². The Morgan fingerprint density at radius 3 is 2.48 bits per heavy atom. The number of para-hydroxylation sites is 1. The number of nitrogens with zero attached hydrogens (tertiary/aromatic N) is 3. The standard InChI is InChI=1S/C20H24ClN3O3S2/c21-17-6-1-2-7-18(17)22-10-12-23(13-11-22)20(25)16-5-3-9-24(15-16)29(26,27)19-8-4-14-28-19/h1-2,4,6-8,14,16H,3,5,9-13,15H2/t16-/m0/s1. The number of benzene rings is 1. The number of hydrogen-bond donors (Lipinski definition) is 0. The highest BCUT2D eigenvalue weighted by Gasteiger charge is 2.36. The first-order chi connectivity index (χ1) is 14.0. The lowest BCUT2D eigenvalue weighted by atomic mass is 9.97. The van der Waals surface area contributed by atoms with Crippen LogP contribution in [-0.4, -0.2) is 62.8 Å². The second-order valence-electron chi connectivity index (χ2n) is 7.40. The minimum Gasteiger partial charge on any atom is -0.367 e. The van der Waals surface area contributed by atoms with E-state index in [1.807, 2.05) is 29.2 Å². The summed E-state index contributed by atoms with van der Waals surface area (Å²) in [6, 6.07) is 11.1. The van der Waals surface area contributed by atoms with Crippen molar-refractivity contribution < 1.29 is 13.2 Å². The molecule has 1 amide bonds. The van der Waals surface area contributed by atoms with Crippen LogP contribution in [0.1, 0.15) is 12.8 Å². The zero-order valence-electron chi connectivity index (χ0n) is 16.0. The van der Waals surface area contributed by atoms with E-state index in [9.17, 15) is 13.2 Å². The van der Waals surface area contributed by atoms with E-state index in [0.717, 1.165) is 25.2 Å². The number of hydrogen-bond acceptors (Lipinski definition) is 5. The summed E-state index contributed by atoms with van der Waals surface area (Å²) < 4.78 is 27.5. The van der Waals surface area contributed by atoms with Crippen LogP contribution < -0.4 is 4.90 Å². The van der Waals surface area contributed by atoms with E-state index in [2.05, 4.69) is 4.90 Å². The van der Waals surface area contributed by atoms with Gasteiger partial charge >= 0.3 is 0 Å². The van der Waals surface area contributed by atoms with Crippen LogP contribution >= 0.6 is 22.9 Å². The van der Waals surface area contributed by atoms with Crippen LogP contribution in [0, 0.1) is 5.92 Å². The summed E-state index contributed by atoms with van der Waals surface area (Å²) in [5.74, 6) is -0.208. The van der Waals surface area contributed by atoms with Gasteiger partial charge in [-0.3, -0.25) is 4.79 Å². The Balaban J connectivity index is 1.38. The molecule has 0 spiro atoms. The Morgan fingerprint density at radius 1 is 1.03 bits per heavy atom. The Labute approximate surface area is 180 Å². The quantitative estimate of drug-likeness (QED) is 0.713. The van der Waals surface area contributed by atoms with Gasteiger partial charge in [0.2, 0.25) is 5.91 Å². The highest BCUT2D eigenvalue weighted by molar-refractivity contribution is 7.91. The van der Waals surface area contributed by atoms with Crippen molar-refractivity contribution in [1.29, 1.82) is 0 Å². The van der Waals surface area contributed by atoms with Crippen molar-refractivity contribution in [2.24, 2.45) is 5.92 Å². The number of piperidine rings is 1. The van der Waals surface area contributed by atoms with Crippen LogP contribution in [0.4, 0.5) is 5.69 Å². The summed E-state index contributed by atoms with van der Waals surface area (Å²) in [6.07, 6.45) is 1.45. The average Bonchev–Trinajstić information content (AvgIpc) is 3.30. The van der Waals surface area contributed by atoms with Crippen molar-refractivity contribution in [2.75, 3.05) is 44.2 Å². The van der Waals surface area contributed by atoms with Crippen LogP contribution in [0.5, 0.6) is 0 Å². The molecule has 4 rings (SSSR count). The molecule has 1 aromatic heterocycles. The number of carbonyl (C=O) groups is 1. The molecule has 1 aromatic carbocycles. The van der Waals surface area contributed by atoms with Gasteiger partial charge in [0.05, 0.1) is 16.6 Å². The first-order valence-electron chi connectivity index (χ1n) is 9.79. The molecule has 2 aromatic rings. The zero-order chi connectivity index (χ0) is 20.4. The lowest BCUT2D eigenvalue weighted by Gasteiger charge is -2.39. The van der Waals surface area contributed by atoms with Crippen LogP contribution in [0.3, 0.4) is 0 Å². The summed E-state index contributed by atoms with van der Waals surface area (Å²) in [7, 11) is -3.51. The number of piperazine rings is 1. The minimum atomic E-state index is -3.51. The van der Waals surface area contributed by atoms with Crippen LogP contribution in [0.25, 0.3) is 0 Å². The molecule has 0 unspecified atom stereocenters. The average molecular weight is 454 g/mol. The van der Waals surface area contributed by atoms with Crippen molar-refractivity contribution in [3.05, 3.63) is 46.8 Å². The molecule has 29 heavy (non-hydrogen) atoms. The molecule has 2 aliphatic rings. The summed E-state index contributed by atoms with van der Waals surface area (Å²) in [5.41, 5.74) is 0.993. The van der Waals surface area contributed by atoms with Crippen LogP contribution in [-0.2, 0) is 14.8 Å². The van der Waals surface area contributed by atoms with Crippen LogP contribution in [0.2, 0.25) is 5.02 Å². The van der Waals surface area contributed by atoms with Crippen molar-refractivity contribution in [1.82, 2.24) is 9.21 Å².